The quantitative estimate of drug-likeness (QED) is 0.342. The third kappa shape index (κ3) is 6.04. The van der Waals surface area contributed by atoms with E-state index in [9.17, 15) is 0 Å². The molecule has 0 radical (unpaired) electrons. The highest BCUT2D eigenvalue weighted by Gasteiger charge is 2.41. The Morgan fingerprint density at radius 1 is 1.36 bits per heavy atom. The lowest BCUT2D eigenvalue weighted by atomic mass is 10.0. The lowest BCUT2D eigenvalue weighted by Gasteiger charge is -2.19. The summed E-state index contributed by atoms with van der Waals surface area (Å²) in [5, 5.41) is 17.5. The Morgan fingerprint density at radius 3 is 2.86 bits per heavy atom. The van der Waals surface area contributed by atoms with Gasteiger partial charge in [0.05, 0.1) is 0 Å². The zero-order chi connectivity index (χ0) is 19.8. The van der Waals surface area contributed by atoms with Crippen molar-refractivity contribution in [2.75, 3.05) is 26.3 Å². The van der Waals surface area contributed by atoms with Crippen LogP contribution >= 0.6 is 11.3 Å². The van der Waals surface area contributed by atoms with Gasteiger partial charge >= 0.3 is 0 Å². The number of aliphatic imine (C=N–C) groups is 1. The van der Waals surface area contributed by atoms with Crippen molar-refractivity contribution in [1.82, 2.24) is 25.4 Å². The average molecular weight is 405 g/mol. The fourth-order valence-corrected chi connectivity index (χ4v) is 3.78. The van der Waals surface area contributed by atoms with E-state index >= 15 is 0 Å². The predicted molar refractivity (Wildman–Crippen MR) is 114 cm³/mol. The smallest absolute Gasteiger partial charge is 0.191 e. The number of aromatic nitrogens is 3. The summed E-state index contributed by atoms with van der Waals surface area (Å²) in [5.41, 5.74) is 0.368. The third-order valence-corrected chi connectivity index (χ3v) is 6.31. The number of nitrogens with one attached hydrogen (secondary N) is 2. The van der Waals surface area contributed by atoms with Gasteiger partial charge in [-0.05, 0) is 56.4 Å². The van der Waals surface area contributed by atoms with Crippen LogP contribution in [0.4, 0.5) is 0 Å². The molecular formula is C20H32N6OS. The first kappa shape index (κ1) is 20.8. The van der Waals surface area contributed by atoms with Crippen molar-refractivity contribution < 1.29 is 4.74 Å². The first-order valence-corrected chi connectivity index (χ1v) is 11.0. The largest absolute Gasteiger partial charge is 0.382 e. The van der Waals surface area contributed by atoms with E-state index in [2.05, 4.69) is 38.3 Å². The van der Waals surface area contributed by atoms with Crippen LogP contribution in [-0.2, 0) is 24.8 Å². The van der Waals surface area contributed by atoms with Gasteiger partial charge in [0.1, 0.15) is 12.4 Å². The molecule has 0 saturated heterocycles. The summed E-state index contributed by atoms with van der Waals surface area (Å²) in [6, 6.07) is 4.27. The lowest BCUT2D eigenvalue weighted by molar-refractivity contribution is 0.128. The highest BCUT2D eigenvalue weighted by molar-refractivity contribution is 7.09. The van der Waals surface area contributed by atoms with Crippen LogP contribution in [0.3, 0.4) is 0 Å². The molecule has 0 unspecified atom stereocenters. The summed E-state index contributed by atoms with van der Waals surface area (Å²) in [4.78, 5) is 6.14. The maximum Gasteiger partial charge on any atom is 0.191 e. The van der Waals surface area contributed by atoms with Gasteiger partial charge in [0.15, 0.2) is 11.8 Å². The Kier molecular flexibility index (Phi) is 7.44. The van der Waals surface area contributed by atoms with Crippen LogP contribution in [-0.4, -0.2) is 47.0 Å². The Balaban J connectivity index is 1.55. The predicted octanol–water partition coefficient (Wildman–Crippen LogP) is 2.67. The van der Waals surface area contributed by atoms with Crippen LogP contribution in [0.5, 0.6) is 0 Å². The Morgan fingerprint density at radius 2 is 2.21 bits per heavy atom. The number of hydrogen-bond donors (Lipinski definition) is 2. The monoisotopic (exact) mass is 404 g/mol. The molecule has 1 saturated carbocycles. The van der Waals surface area contributed by atoms with Gasteiger partial charge in [0, 0.05) is 38.2 Å². The molecular weight excluding hydrogens is 372 g/mol. The second-order valence-corrected chi connectivity index (χ2v) is 8.48. The lowest BCUT2D eigenvalue weighted by Crippen LogP contribution is -2.41. The number of hydrogen-bond acceptors (Lipinski definition) is 5. The van der Waals surface area contributed by atoms with Crippen LogP contribution in [0.1, 0.15) is 42.7 Å². The first-order chi connectivity index (χ1) is 13.6. The molecule has 0 aliphatic heterocycles. The molecule has 1 aliphatic rings. The Labute approximate surface area is 171 Å². The van der Waals surface area contributed by atoms with Crippen LogP contribution in [0.2, 0.25) is 0 Å². The molecule has 0 amide bonds. The van der Waals surface area contributed by atoms with Gasteiger partial charge in [-0.15, -0.1) is 21.5 Å². The van der Waals surface area contributed by atoms with Gasteiger partial charge in [-0.1, -0.05) is 6.07 Å². The van der Waals surface area contributed by atoms with Crippen molar-refractivity contribution in [2.24, 2.45) is 17.5 Å². The summed E-state index contributed by atoms with van der Waals surface area (Å²) in [5.74, 6) is 2.62. The molecule has 0 aromatic carbocycles. The van der Waals surface area contributed by atoms with Gasteiger partial charge in [0.25, 0.3) is 0 Å². The topological polar surface area (TPSA) is 76.4 Å². The van der Waals surface area contributed by atoms with Gasteiger partial charge < -0.3 is 19.9 Å². The maximum atomic E-state index is 5.55. The summed E-state index contributed by atoms with van der Waals surface area (Å²) in [6.07, 6.45) is 4.63. The summed E-state index contributed by atoms with van der Waals surface area (Å²) in [7, 11) is 1.98. The second-order valence-electron chi connectivity index (χ2n) is 7.44. The van der Waals surface area contributed by atoms with Crippen molar-refractivity contribution in [3.8, 4) is 0 Å². The fraction of sp³-hybridized carbons (Fsp3) is 0.650. The van der Waals surface area contributed by atoms with Crippen molar-refractivity contribution in [1.29, 1.82) is 0 Å². The van der Waals surface area contributed by atoms with Crippen molar-refractivity contribution in [3.63, 3.8) is 0 Å². The summed E-state index contributed by atoms with van der Waals surface area (Å²) >= 11 is 1.79. The fourth-order valence-electron chi connectivity index (χ4n) is 3.07. The molecule has 1 fully saturated rings. The average Bonchev–Trinajstić information content (AvgIpc) is 3.12. The molecule has 0 spiro atoms. The highest BCUT2D eigenvalue weighted by atomic mass is 32.1. The van der Waals surface area contributed by atoms with Crippen LogP contribution in [0, 0.1) is 12.3 Å². The van der Waals surface area contributed by atoms with E-state index in [-0.39, 0.29) is 0 Å². The minimum Gasteiger partial charge on any atom is -0.382 e. The minimum absolute atomic E-state index is 0.368. The Bertz CT molecular complexity index is 751. The maximum absolute atomic E-state index is 5.55. The van der Waals surface area contributed by atoms with Gasteiger partial charge in [0.2, 0.25) is 0 Å². The van der Waals surface area contributed by atoms with E-state index < -0.39 is 0 Å². The van der Waals surface area contributed by atoms with E-state index in [1.807, 2.05) is 25.5 Å². The van der Waals surface area contributed by atoms with Crippen molar-refractivity contribution in [3.05, 3.63) is 34.0 Å². The summed E-state index contributed by atoms with van der Waals surface area (Å²) in [6.45, 7) is 7.94. The van der Waals surface area contributed by atoms with Gasteiger partial charge in [-0.2, -0.15) is 0 Å². The van der Waals surface area contributed by atoms with Crippen LogP contribution in [0.15, 0.2) is 22.5 Å². The highest BCUT2D eigenvalue weighted by Crippen LogP contribution is 2.48. The van der Waals surface area contributed by atoms with Gasteiger partial charge in [-0.3, -0.25) is 0 Å². The van der Waals surface area contributed by atoms with E-state index in [1.165, 1.54) is 17.7 Å². The number of rotatable bonds is 11. The van der Waals surface area contributed by atoms with E-state index in [1.54, 1.807) is 11.3 Å². The molecule has 7 nitrogen and oxygen atoms in total. The second kappa shape index (κ2) is 10.0. The molecule has 2 N–H and O–H groups in total. The van der Waals surface area contributed by atoms with Crippen LogP contribution in [0.25, 0.3) is 0 Å². The van der Waals surface area contributed by atoms with E-state index in [4.69, 9.17) is 9.73 Å². The third-order valence-electron chi connectivity index (χ3n) is 5.37. The molecule has 0 bridgehead atoms. The number of guanidine groups is 1. The van der Waals surface area contributed by atoms with Crippen molar-refractivity contribution in [2.45, 2.75) is 46.1 Å². The van der Waals surface area contributed by atoms with Crippen LogP contribution < -0.4 is 10.6 Å². The molecule has 8 heteroatoms. The van der Waals surface area contributed by atoms with Crippen molar-refractivity contribution >= 4 is 17.3 Å². The minimum atomic E-state index is 0.368. The molecule has 1 aliphatic carbocycles. The molecule has 154 valence electrons. The molecule has 2 aromatic rings. The first-order valence-electron chi connectivity index (χ1n) is 10.1. The summed E-state index contributed by atoms with van der Waals surface area (Å²) < 4.78 is 7.54. The molecule has 2 aromatic heterocycles. The normalized spacial score (nSPS) is 15.6. The van der Waals surface area contributed by atoms with E-state index in [0.717, 1.165) is 56.8 Å². The molecule has 0 atom stereocenters. The van der Waals surface area contributed by atoms with E-state index in [0.29, 0.717) is 12.0 Å². The molecule has 2 heterocycles. The Hall–Kier alpha value is -1.93. The zero-order valence-corrected chi connectivity index (χ0v) is 18.0. The zero-order valence-electron chi connectivity index (χ0n) is 17.2. The number of ether oxygens (including phenoxy) is 1. The van der Waals surface area contributed by atoms with Gasteiger partial charge in [-0.25, -0.2) is 4.99 Å². The number of thiophene rings is 1. The number of aryl methyl sites for hydroxylation is 1. The molecule has 28 heavy (non-hydrogen) atoms. The SMILES string of the molecule is CCOCCC1(CNC(=NCc2nnc(C)n2C)NCCc2cccs2)CC1. The number of nitrogens with zero attached hydrogens (tertiary/aromatic N) is 4. The standard InChI is InChI=1S/C20H32N6OS/c1-4-27-12-10-20(8-9-20)15-23-19(21-11-7-17-6-5-13-28-17)22-14-18-25-24-16(2)26(18)3/h5-6,13H,4,7-12,14-15H2,1-3H3,(H2,21,22,23). The molecule has 3 rings (SSSR count).